The molecule has 1 atom stereocenters. The van der Waals surface area contributed by atoms with Crippen LogP contribution in [-0.4, -0.2) is 41.8 Å². The molecule has 0 aliphatic carbocycles. The van der Waals surface area contributed by atoms with E-state index in [0.717, 1.165) is 57.4 Å². The molecule has 6 nitrogen and oxygen atoms in total. The van der Waals surface area contributed by atoms with Gasteiger partial charge in [-0.05, 0) is 69.7 Å². The number of nitrogens with one attached hydrogen (secondary N) is 2. The van der Waals surface area contributed by atoms with Gasteiger partial charge in [0.2, 0.25) is 0 Å². The molecule has 0 radical (unpaired) electrons. The first kappa shape index (κ1) is 20.1. The summed E-state index contributed by atoms with van der Waals surface area (Å²) in [6.07, 6.45) is 6.34. The standard InChI is InChI=1S/C21H33N3O3/c1-15(2)6-12-24-13-7-16(3)18(20(24)26)19(25)23-17-5-4-14-27-21(17)8-10-22-11-9-21/h7,13,15,17,22H,4-6,8-12,14H2,1-3H3,(H,23,25). The van der Waals surface area contributed by atoms with Crippen molar-refractivity contribution < 1.29 is 9.53 Å². The third kappa shape index (κ3) is 4.43. The molecule has 3 rings (SSSR count). The van der Waals surface area contributed by atoms with E-state index < -0.39 is 0 Å². The molecule has 27 heavy (non-hydrogen) atoms. The third-order valence-electron chi connectivity index (χ3n) is 5.96. The molecule has 3 heterocycles. The van der Waals surface area contributed by atoms with Crippen molar-refractivity contribution in [2.24, 2.45) is 5.92 Å². The Morgan fingerprint density at radius 1 is 1.41 bits per heavy atom. The Balaban J connectivity index is 1.80. The van der Waals surface area contributed by atoms with Gasteiger partial charge in [-0.1, -0.05) is 13.8 Å². The average molecular weight is 376 g/mol. The summed E-state index contributed by atoms with van der Waals surface area (Å²) in [6, 6.07) is 1.83. The van der Waals surface area contributed by atoms with Gasteiger partial charge in [-0.2, -0.15) is 0 Å². The Kier molecular flexibility index (Phi) is 6.37. The van der Waals surface area contributed by atoms with Crippen LogP contribution in [-0.2, 0) is 11.3 Å². The van der Waals surface area contributed by atoms with Crippen LogP contribution in [0.3, 0.4) is 0 Å². The number of aryl methyl sites for hydroxylation is 2. The van der Waals surface area contributed by atoms with Gasteiger partial charge < -0.3 is 19.9 Å². The van der Waals surface area contributed by atoms with E-state index in [0.29, 0.717) is 12.5 Å². The predicted molar refractivity (Wildman–Crippen MR) is 106 cm³/mol. The molecule has 0 aromatic carbocycles. The SMILES string of the molecule is Cc1ccn(CCC(C)C)c(=O)c1C(=O)NC1CCCOC12CCNCC2. The van der Waals surface area contributed by atoms with Crippen LogP contribution in [0.2, 0.25) is 0 Å². The number of hydrogen-bond donors (Lipinski definition) is 2. The zero-order chi connectivity index (χ0) is 19.4. The fraction of sp³-hybridized carbons (Fsp3) is 0.714. The first-order chi connectivity index (χ1) is 12.9. The quantitative estimate of drug-likeness (QED) is 0.828. The predicted octanol–water partition coefficient (Wildman–Crippen LogP) is 2.23. The van der Waals surface area contributed by atoms with Crippen LogP contribution < -0.4 is 16.2 Å². The second kappa shape index (κ2) is 8.57. The molecule has 2 N–H and O–H groups in total. The lowest BCUT2D eigenvalue weighted by atomic mass is 9.80. The first-order valence-electron chi connectivity index (χ1n) is 10.3. The fourth-order valence-corrected chi connectivity index (χ4v) is 4.22. The van der Waals surface area contributed by atoms with Gasteiger partial charge in [-0.3, -0.25) is 9.59 Å². The second-order valence-corrected chi connectivity index (χ2v) is 8.39. The normalized spacial score (nSPS) is 22.1. The molecule has 0 bridgehead atoms. The Bertz CT molecular complexity index is 712. The minimum atomic E-state index is -0.293. The lowest BCUT2D eigenvalue weighted by molar-refractivity contribution is -0.114. The summed E-state index contributed by atoms with van der Waals surface area (Å²) < 4.78 is 7.83. The molecule has 2 aliphatic heterocycles. The van der Waals surface area contributed by atoms with E-state index in [9.17, 15) is 9.59 Å². The highest BCUT2D eigenvalue weighted by Gasteiger charge is 2.43. The summed E-state index contributed by atoms with van der Waals surface area (Å²) in [6.45, 7) is 9.29. The lowest BCUT2D eigenvalue weighted by Gasteiger charge is -2.46. The van der Waals surface area contributed by atoms with E-state index in [4.69, 9.17) is 4.74 Å². The minimum Gasteiger partial charge on any atom is -0.373 e. The molecule has 6 heteroatoms. The van der Waals surface area contributed by atoms with Crippen molar-refractivity contribution in [3.05, 3.63) is 33.7 Å². The monoisotopic (exact) mass is 375 g/mol. The molecule has 2 aliphatic rings. The van der Waals surface area contributed by atoms with Crippen molar-refractivity contribution in [1.82, 2.24) is 15.2 Å². The molecule has 1 spiro atoms. The molecule has 1 amide bonds. The lowest BCUT2D eigenvalue weighted by Crippen LogP contribution is -2.60. The van der Waals surface area contributed by atoms with Gasteiger partial charge in [0, 0.05) is 19.3 Å². The number of nitrogens with zero attached hydrogens (tertiary/aromatic N) is 1. The summed E-state index contributed by atoms with van der Waals surface area (Å²) in [5, 5.41) is 6.53. The van der Waals surface area contributed by atoms with E-state index in [1.165, 1.54) is 0 Å². The van der Waals surface area contributed by atoms with Gasteiger partial charge in [0.05, 0.1) is 11.6 Å². The molecular weight excluding hydrogens is 342 g/mol. The molecule has 0 saturated carbocycles. The summed E-state index contributed by atoms with van der Waals surface area (Å²) in [5.41, 5.74) is 0.521. The van der Waals surface area contributed by atoms with Crippen molar-refractivity contribution in [2.75, 3.05) is 19.7 Å². The zero-order valence-electron chi connectivity index (χ0n) is 16.8. The fourth-order valence-electron chi connectivity index (χ4n) is 4.22. The van der Waals surface area contributed by atoms with E-state index in [1.807, 2.05) is 13.0 Å². The van der Waals surface area contributed by atoms with E-state index in [2.05, 4.69) is 24.5 Å². The Labute approximate surface area is 161 Å². The highest BCUT2D eigenvalue weighted by atomic mass is 16.5. The number of piperidine rings is 1. The van der Waals surface area contributed by atoms with Gasteiger partial charge >= 0.3 is 0 Å². The van der Waals surface area contributed by atoms with Crippen LogP contribution in [0, 0.1) is 12.8 Å². The molecule has 1 unspecified atom stereocenters. The highest BCUT2D eigenvalue weighted by Crippen LogP contribution is 2.33. The summed E-state index contributed by atoms with van der Waals surface area (Å²) >= 11 is 0. The topological polar surface area (TPSA) is 72.4 Å². The third-order valence-corrected chi connectivity index (χ3v) is 5.96. The molecule has 1 aromatic rings. The first-order valence-corrected chi connectivity index (χ1v) is 10.3. The summed E-state index contributed by atoms with van der Waals surface area (Å²) in [4.78, 5) is 26.0. The number of amides is 1. The van der Waals surface area contributed by atoms with Crippen molar-refractivity contribution >= 4 is 5.91 Å². The number of carbonyl (C=O) groups is 1. The maximum atomic E-state index is 13.1. The number of rotatable bonds is 5. The van der Waals surface area contributed by atoms with Crippen molar-refractivity contribution in [3.63, 3.8) is 0 Å². The number of aromatic nitrogens is 1. The van der Waals surface area contributed by atoms with E-state index >= 15 is 0 Å². The molecule has 150 valence electrons. The number of carbonyl (C=O) groups excluding carboxylic acids is 1. The van der Waals surface area contributed by atoms with E-state index in [1.54, 1.807) is 10.8 Å². The Hall–Kier alpha value is -1.66. The average Bonchev–Trinajstić information content (AvgIpc) is 2.64. The zero-order valence-corrected chi connectivity index (χ0v) is 16.8. The maximum Gasteiger partial charge on any atom is 0.263 e. The van der Waals surface area contributed by atoms with Gasteiger partial charge in [0.25, 0.3) is 11.5 Å². The molecule has 2 fully saturated rings. The smallest absolute Gasteiger partial charge is 0.263 e. The van der Waals surface area contributed by atoms with E-state index in [-0.39, 0.29) is 28.7 Å². The van der Waals surface area contributed by atoms with Crippen LogP contribution >= 0.6 is 0 Å². The Morgan fingerprint density at radius 2 is 2.15 bits per heavy atom. The van der Waals surface area contributed by atoms with Gasteiger partial charge in [0.1, 0.15) is 5.56 Å². The molecule has 1 aromatic heterocycles. The second-order valence-electron chi connectivity index (χ2n) is 8.39. The van der Waals surface area contributed by atoms with Crippen LogP contribution in [0.1, 0.15) is 61.9 Å². The summed E-state index contributed by atoms with van der Waals surface area (Å²) in [7, 11) is 0. The van der Waals surface area contributed by atoms with Crippen LogP contribution in [0.25, 0.3) is 0 Å². The number of ether oxygens (including phenoxy) is 1. The summed E-state index contributed by atoms with van der Waals surface area (Å²) in [5.74, 6) is 0.249. The van der Waals surface area contributed by atoms with Crippen molar-refractivity contribution in [3.8, 4) is 0 Å². The molecular formula is C21H33N3O3. The van der Waals surface area contributed by atoms with Crippen LogP contribution in [0.4, 0.5) is 0 Å². The van der Waals surface area contributed by atoms with Crippen LogP contribution in [0.5, 0.6) is 0 Å². The van der Waals surface area contributed by atoms with Gasteiger partial charge in [0.15, 0.2) is 0 Å². The highest BCUT2D eigenvalue weighted by molar-refractivity contribution is 5.95. The van der Waals surface area contributed by atoms with Crippen molar-refractivity contribution in [2.45, 2.75) is 71.1 Å². The number of hydrogen-bond acceptors (Lipinski definition) is 4. The van der Waals surface area contributed by atoms with Gasteiger partial charge in [-0.15, -0.1) is 0 Å². The molecule has 2 saturated heterocycles. The largest absolute Gasteiger partial charge is 0.373 e. The minimum absolute atomic E-state index is 0.0380. The van der Waals surface area contributed by atoms with Crippen LogP contribution in [0.15, 0.2) is 17.1 Å². The Morgan fingerprint density at radius 3 is 2.85 bits per heavy atom. The number of pyridine rings is 1. The van der Waals surface area contributed by atoms with Gasteiger partial charge in [-0.25, -0.2) is 0 Å². The maximum absolute atomic E-state index is 13.1. The van der Waals surface area contributed by atoms with Crippen molar-refractivity contribution in [1.29, 1.82) is 0 Å².